The molecular formula is C23H24N8. The number of benzene rings is 2. The molecule has 0 aliphatic heterocycles. The number of H-pyrrole nitrogens is 2. The van der Waals surface area contributed by atoms with E-state index in [0.29, 0.717) is 18.4 Å². The molecule has 2 aromatic heterocycles. The molecular weight excluding hydrogens is 388 g/mol. The number of imidazole rings is 2. The summed E-state index contributed by atoms with van der Waals surface area (Å²) in [5.41, 5.74) is 17.2. The van der Waals surface area contributed by atoms with Crippen LogP contribution < -0.4 is 11.5 Å². The fourth-order valence-electron chi connectivity index (χ4n) is 3.34. The van der Waals surface area contributed by atoms with Gasteiger partial charge in [0, 0.05) is 35.2 Å². The monoisotopic (exact) mass is 412 g/mol. The number of nitrogens with one attached hydrogen (secondary N) is 4. The molecule has 4 aromatic rings. The number of aromatic amines is 2. The Kier molecular flexibility index (Phi) is 5.36. The number of hydrogen-bond donors (Lipinski definition) is 6. The molecule has 0 amide bonds. The van der Waals surface area contributed by atoms with Gasteiger partial charge in [0.2, 0.25) is 0 Å². The Morgan fingerprint density at radius 3 is 2.26 bits per heavy atom. The predicted molar refractivity (Wildman–Crippen MR) is 124 cm³/mol. The molecule has 8 nitrogen and oxygen atoms in total. The molecule has 2 aromatic carbocycles. The number of rotatable bonds is 7. The molecule has 2 heterocycles. The zero-order chi connectivity index (χ0) is 22.0. The van der Waals surface area contributed by atoms with Crippen molar-refractivity contribution in [3.8, 4) is 22.8 Å². The SMILES string of the molecule is Cc1[nH]c(-c2ccc(-c3nc4ccc(C(=N)N)cc4[nH]3)cc2)nc1C/C=C\CC(=N)N. The van der Waals surface area contributed by atoms with Gasteiger partial charge in [-0.2, -0.15) is 0 Å². The molecule has 0 spiro atoms. The fourth-order valence-corrected chi connectivity index (χ4v) is 3.34. The number of fused-ring (bicyclic) bond motifs is 1. The molecule has 0 saturated carbocycles. The first-order chi connectivity index (χ1) is 14.9. The summed E-state index contributed by atoms with van der Waals surface area (Å²) in [6.45, 7) is 2.00. The first-order valence-electron chi connectivity index (χ1n) is 9.89. The third kappa shape index (κ3) is 4.37. The summed E-state index contributed by atoms with van der Waals surface area (Å²) in [5, 5.41) is 14.8. The lowest BCUT2D eigenvalue weighted by molar-refractivity contribution is 1.11. The highest BCUT2D eigenvalue weighted by molar-refractivity contribution is 5.98. The number of nitrogen functional groups attached to an aromatic ring is 1. The van der Waals surface area contributed by atoms with Crippen LogP contribution in [0.15, 0.2) is 54.6 Å². The van der Waals surface area contributed by atoms with E-state index >= 15 is 0 Å². The Morgan fingerprint density at radius 1 is 0.935 bits per heavy atom. The normalized spacial score (nSPS) is 11.4. The molecule has 0 unspecified atom stereocenters. The third-order valence-electron chi connectivity index (χ3n) is 5.03. The molecule has 0 aliphatic carbocycles. The number of aromatic nitrogens is 4. The van der Waals surface area contributed by atoms with Crippen LogP contribution in [0.5, 0.6) is 0 Å². The molecule has 0 saturated heterocycles. The highest BCUT2D eigenvalue weighted by Gasteiger charge is 2.10. The summed E-state index contributed by atoms with van der Waals surface area (Å²) in [4.78, 5) is 16.0. The summed E-state index contributed by atoms with van der Waals surface area (Å²) in [7, 11) is 0. The number of amidine groups is 2. The van der Waals surface area contributed by atoms with Crippen molar-refractivity contribution in [1.82, 2.24) is 19.9 Å². The van der Waals surface area contributed by atoms with Crippen molar-refractivity contribution in [3.05, 3.63) is 71.6 Å². The van der Waals surface area contributed by atoms with Crippen molar-refractivity contribution in [3.63, 3.8) is 0 Å². The van der Waals surface area contributed by atoms with E-state index in [2.05, 4.69) is 15.0 Å². The molecule has 8 N–H and O–H groups in total. The highest BCUT2D eigenvalue weighted by atomic mass is 14.9. The van der Waals surface area contributed by atoms with Crippen LogP contribution >= 0.6 is 0 Å². The van der Waals surface area contributed by atoms with Gasteiger partial charge >= 0.3 is 0 Å². The number of hydrogen-bond acceptors (Lipinski definition) is 4. The van der Waals surface area contributed by atoms with E-state index in [-0.39, 0.29) is 11.7 Å². The van der Waals surface area contributed by atoms with Crippen molar-refractivity contribution in [2.75, 3.05) is 0 Å². The first-order valence-corrected chi connectivity index (χ1v) is 9.89. The average molecular weight is 413 g/mol. The largest absolute Gasteiger partial charge is 0.387 e. The van der Waals surface area contributed by atoms with Crippen molar-refractivity contribution in [1.29, 1.82) is 10.8 Å². The number of aryl methyl sites for hydroxylation is 1. The van der Waals surface area contributed by atoms with Gasteiger partial charge in [-0.1, -0.05) is 36.4 Å². The molecule has 0 bridgehead atoms. The van der Waals surface area contributed by atoms with Crippen LogP contribution in [0.2, 0.25) is 0 Å². The second-order valence-electron chi connectivity index (χ2n) is 7.37. The Balaban J connectivity index is 1.54. The number of allylic oxidation sites excluding steroid dienone is 1. The van der Waals surface area contributed by atoms with Crippen LogP contribution in [0, 0.1) is 17.7 Å². The average Bonchev–Trinajstić information content (AvgIpc) is 3.34. The molecule has 4 rings (SSSR count). The molecule has 0 atom stereocenters. The van der Waals surface area contributed by atoms with Crippen molar-refractivity contribution in [2.24, 2.45) is 11.5 Å². The molecule has 0 aliphatic rings. The van der Waals surface area contributed by atoms with Gasteiger partial charge in [-0.15, -0.1) is 0 Å². The van der Waals surface area contributed by atoms with E-state index in [1.54, 1.807) is 6.07 Å². The van der Waals surface area contributed by atoms with Crippen LogP contribution in [-0.2, 0) is 6.42 Å². The standard InChI is InChI=1S/C23H24N8/c1-13-17(4-2-3-5-20(24)25)29-22(28-13)14-6-8-15(9-7-14)23-30-18-11-10-16(21(26)27)12-19(18)31-23/h2-3,6-12H,4-5H2,1H3,(H3,24,25)(H3,26,27)(H,28,29)(H,30,31)/b3-2-. The minimum Gasteiger partial charge on any atom is -0.387 e. The Labute approximate surface area is 179 Å². The highest BCUT2D eigenvalue weighted by Crippen LogP contribution is 2.25. The summed E-state index contributed by atoms with van der Waals surface area (Å²) in [5.74, 6) is 1.76. The third-order valence-corrected chi connectivity index (χ3v) is 5.03. The second-order valence-corrected chi connectivity index (χ2v) is 7.37. The van der Waals surface area contributed by atoms with E-state index in [9.17, 15) is 0 Å². The van der Waals surface area contributed by atoms with Gasteiger partial charge in [0.15, 0.2) is 0 Å². The maximum atomic E-state index is 7.59. The Hall–Kier alpha value is -4.20. The maximum Gasteiger partial charge on any atom is 0.138 e. The number of nitrogens with two attached hydrogens (primary N) is 2. The second kappa shape index (κ2) is 8.27. The Morgan fingerprint density at radius 2 is 1.61 bits per heavy atom. The summed E-state index contributed by atoms with van der Waals surface area (Å²) in [6, 6.07) is 13.5. The lowest BCUT2D eigenvalue weighted by atomic mass is 10.1. The molecule has 0 radical (unpaired) electrons. The van der Waals surface area contributed by atoms with E-state index in [4.69, 9.17) is 27.3 Å². The number of nitrogens with zero attached hydrogens (tertiary/aromatic N) is 2. The lowest BCUT2D eigenvalue weighted by Gasteiger charge is -2.00. The van der Waals surface area contributed by atoms with Gasteiger partial charge < -0.3 is 21.4 Å². The maximum absolute atomic E-state index is 7.59. The van der Waals surface area contributed by atoms with Gasteiger partial charge in [0.25, 0.3) is 0 Å². The Bertz CT molecular complexity index is 1290. The van der Waals surface area contributed by atoms with Gasteiger partial charge in [-0.3, -0.25) is 10.8 Å². The van der Waals surface area contributed by atoms with Crippen LogP contribution in [0.25, 0.3) is 33.8 Å². The van der Waals surface area contributed by atoms with Crippen LogP contribution in [0.4, 0.5) is 0 Å². The van der Waals surface area contributed by atoms with E-state index < -0.39 is 0 Å². The van der Waals surface area contributed by atoms with E-state index in [0.717, 1.165) is 45.2 Å². The van der Waals surface area contributed by atoms with Gasteiger partial charge in [-0.25, -0.2) is 9.97 Å². The van der Waals surface area contributed by atoms with Gasteiger partial charge in [0.1, 0.15) is 17.5 Å². The lowest BCUT2D eigenvalue weighted by Crippen LogP contribution is -2.10. The topological polar surface area (TPSA) is 157 Å². The van der Waals surface area contributed by atoms with E-state index in [1.807, 2.05) is 55.5 Å². The first kappa shape index (κ1) is 20.1. The van der Waals surface area contributed by atoms with Crippen LogP contribution in [0.3, 0.4) is 0 Å². The quantitative estimate of drug-likeness (QED) is 0.156. The summed E-state index contributed by atoms with van der Waals surface area (Å²) >= 11 is 0. The van der Waals surface area contributed by atoms with Gasteiger partial charge in [-0.05, 0) is 25.1 Å². The minimum atomic E-state index is 0.0323. The summed E-state index contributed by atoms with van der Waals surface area (Å²) in [6.07, 6.45) is 5.01. The predicted octanol–water partition coefficient (Wildman–Crippen LogP) is 3.64. The summed E-state index contributed by atoms with van der Waals surface area (Å²) < 4.78 is 0. The van der Waals surface area contributed by atoms with Crippen LogP contribution in [-0.4, -0.2) is 31.6 Å². The van der Waals surface area contributed by atoms with Crippen molar-refractivity contribution < 1.29 is 0 Å². The molecule has 31 heavy (non-hydrogen) atoms. The fraction of sp³-hybridized carbons (Fsp3) is 0.130. The van der Waals surface area contributed by atoms with Crippen molar-refractivity contribution >= 4 is 22.7 Å². The van der Waals surface area contributed by atoms with Gasteiger partial charge in [0.05, 0.1) is 22.6 Å². The molecule has 156 valence electrons. The zero-order valence-corrected chi connectivity index (χ0v) is 17.2. The minimum absolute atomic E-state index is 0.0323. The van der Waals surface area contributed by atoms with E-state index in [1.165, 1.54) is 0 Å². The zero-order valence-electron chi connectivity index (χ0n) is 17.2. The smallest absolute Gasteiger partial charge is 0.138 e. The molecule has 0 fully saturated rings. The van der Waals surface area contributed by atoms with Crippen molar-refractivity contribution in [2.45, 2.75) is 19.8 Å². The van der Waals surface area contributed by atoms with Crippen LogP contribution in [0.1, 0.15) is 23.4 Å². The molecule has 8 heteroatoms.